The largest absolute Gasteiger partial charge is 0.472 e. The first-order valence-electron chi connectivity index (χ1n) is 35.0. The summed E-state index contributed by atoms with van der Waals surface area (Å²) in [5.41, 5.74) is 0. The van der Waals surface area contributed by atoms with Crippen molar-refractivity contribution in [1.82, 2.24) is 0 Å². The molecular weight excluding hydrogens is 1140 g/mol. The third-order valence-electron chi connectivity index (χ3n) is 15.8. The van der Waals surface area contributed by atoms with Gasteiger partial charge in [-0.1, -0.05) is 286 Å². The van der Waals surface area contributed by atoms with Crippen LogP contribution in [-0.4, -0.2) is 96.7 Å². The molecule has 0 aliphatic rings. The zero-order chi connectivity index (χ0) is 63.6. The van der Waals surface area contributed by atoms with Crippen molar-refractivity contribution in [2.75, 3.05) is 39.6 Å². The number of unbranched alkanes of at least 4 members (excludes halogenated alkanes) is 35. The SMILES string of the molecule is CCCCCCCC(=O)OC[C@H](COP(=O)(O)OC[C@H](O)COP(=O)(O)OC[C@@H](COC(=O)CCCCCCCCCCCCCC(C)C)OC(=O)CCCCCCCCCCCCCCCCCCCCC(C)CC)OC(=O)CCCCCCC. The normalized spacial score (nSPS) is 14.5. The molecule has 17 nitrogen and oxygen atoms in total. The second-order valence-corrected chi connectivity index (χ2v) is 27.8. The van der Waals surface area contributed by atoms with E-state index >= 15 is 0 Å². The first kappa shape index (κ1) is 84.1. The molecule has 0 radical (unpaired) electrons. The molecular formula is C67H130O17P2. The van der Waals surface area contributed by atoms with E-state index < -0.39 is 97.5 Å². The molecule has 0 aromatic heterocycles. The molecule has 0 bridgehead atoms. The van der Waals surface area contributed by atoms with Crippen molar-refractivity contribution in [1.29, 1.82) is 0 Å². The number of hydrogen-bond acceptors (Lipinski definition) is 15. The Morgan fingerprint density at radius 3 is 0.884 bits per heavy atom. The van der Waals surface area contributed by atoms with Crippen molar-refractivity contribution in [3.63, 3.8) is 0 Å². The van der Waals surface area contributed by atoms with Crippen molar-refractivity contribution in [2.24, 2.45) is 11.8 Å². The van der Waals surface area contributed by atoms with Crippen molar-refractivity contribution < 1.29 is 80.2 Å². The number of phosphoric acid groups is 2. The highest BCUT2D eigenvalue weighted by Gasteiger charge is 2.30. The van der Waals surface area contributed by atoms with E-state index in [9.17, 15) is 43.2 Å². The third kappa shape index (κ3) is 59.7. The molecule has 0 aliphatic heterocycles. The summed E-state index contributed by atoms with van der Waals surface area (Å²) in [7, 11) is -9.87. The Kier molecular flexibility index (Phi) is 58.0. The van der Waals surface area contributed by atoms with Crippen LogP contribution < -0.4 is 0 Å². The number of carbonyl (C=O) groups excluding carboxylic acids is 4. The van der Waals surface area contributed by atoms with E-state index in [4.69, 9.17) is 37.0 Å². The van der Waals surface area contributed by atoms with Gasteiger partial charge < -0.3 is 33.8 Å². The van der Waals surface area contributed by atoms with Gasteiger partial charge in [-0.15, -0.1) is 0 Å². The molecule has 0 saturated carbocycles. The van der Waals surface area contributed by atoms with Crippen LogP contribution in [0.2, 0.25) is 0 Å². The number of esters is 4. The maximum absolute atomic E-state index is 13.0. The Morgan fingerprint density at radius 2 is 0.593 bits per heavy atom. The lowest BCUT2D eigenvalue weighted by Gasteiger charge is -2.21. The quantitative estimate of drug-likeness (QED) is 0.0222. The number of hydrogen-bond donors (Lipinski definition) is 3. The number of rotatable bonds is 66. The minimum atomic E-state index is -4.94. The molecule has 0 aliphatic carbocycles. The van der Waals surface area contributed by atoms with Gasteiger partial charge >= 0.3 is 39.5 Å². The van der Waals surface area contributed by atoms with Crippen molar-refractivity contribution >= 4 is 39.5 Å². The summed E-state index contributed by atoms with van der Waals surface area (Å²) in [5, 5.41) is 10.5. The molecule has 0 heterocycles. The molecule has 0 aromatic carbocycles. The average Bonchev–Trinajstić information content (AvgIpc) is 3.65. The number of aliphatic hydroxyl groups excluding tert-OH is 1. The first-order chi connectivity index (χ1) is 41.4. The van der Waals surface area contributed by atoms with Crippen LogP contribution in [0.25, 0.3) is 0 Å². The summed E-state index contributed by atoms with van der Waals surface area (Å²) in [6, 6.07) is 0. The first-order valence-corrected chi connectivity index (χ1v) is 38.0. The second kappa shape index (κ2) is 59.4. The molecule has 510 valence electrons. The highest BCUT2D eigenvalue weighted by molar-refractivity contribution is 7.47. The van der Waals surface area contributed by atoms with E-state index in [0.29, 0.717) is 25.7 Å². The van der Waals surface area contributed by atoms with Crippen molar-refractivity contribution in [2.45, 2.75) is 355 Å². The predicted octanol–water partition coefficient (Wildman–Crippen LogP) is 18.8. The Morgan fingerprint density at radius 1 is 0.337 bits per heavy atom. The Hall–Kier alpha value is -1.94. The lowest BCUT2D eigenvalue weighted by molar-refractivity contribution is -0.161. The summed E-state index contributed by atoms with van der Waals surface area (Å²) in [4.78, 5) is 71.8. The minimum Gasteiger partial charge on any atom is -0.462 e. The lowest BCUT2D eigenvalue weighted by atomic mass is 9.99. The zero-order valence-electron chi connectivity index (χ0n) is 55.6. The standard InChI is InChI=1S/C67H130O17P2/c1-7-10-12-35-43-49-64(69)77-55-62(83-66(71)51-45-36-13-11-8-2)57-81-85(73,74)79-53-61(68)54-80-86(75,76)82-58-63(56-78-65(70)50-44-39-33-29-26-22-23-27-31-37-41-47-59(4)5)84-67(72)52-46-40-34-30-25-21-19-17-15-14-16-18-20-24-28-32-38-42-48-60(6)9-3/h59-63,68H,7-58H2,1-6H3,(H,73,74)(H,75,76)/t60?,61-,62+,63+/m0/s1. The van der Waals surface area contributed by atoms with Gasteiger partial charge in [0.05, 0.1) is 26.4 Å². The lowest BCUT2D eigenvalue weighted by Crippen LogP contribution is -2.30. The molecule has 19 heteroatoms. The fourth-order valence-electron chi connectivity index (χ4n) is 10.0. The van der Waals surface area contributed by atoms with E-state index in [1.54, 1.807) is 0 Å². The van der Waals surface area contributed by atoms with E-state index in [-0.39, 0.29) is 25.7 Å². The fraction of sp³-hybridized carbons (Fsp3) is 0.940. The van der Waals surface area contributed by atoms with Crippen LogP contribution in [0.3, 0.4) is 0 Å². The summed E-state index contributed by atoms with van der Waals surface area (Å²) < 4.78 is 67.6. The fourth-order valence-corrected chi connectivity index (χ4v) is 11.6. The number of ether oxygens (including phenoxy) is 4. The van der Waals surface area contributed by atoms with Crippen LogP contribution in [0.4, 0.5) is 0 Å². The topological polar surface area (TPSA) is 237 Å². The molecule has 3 N–H and O–H groups in total. The van der Waals surface area contributed by atoms with Gasteiger partial charge in [0.25, 0.3) is 0 Å². The number of carbonyl (C=O) groups is 4. The molecule has 0 spiro atoms. The van der Waals surface area contributed by atoms with Gasteiger partial charge in [0, 0.05) is 25.7 Å². The summed E-state index contributed by atoms with van der Waals surface area (Å²) in [6.45, 7) is 9.40. The van der Waals surface area contributed by atoms with Crippen LogP contribution in [-0.2, 0) is 65.4 Å². The third-order valence-corrected chi connectivity index (χ3v) is 17.7. The Balaban J connectivity index is 5.03. The van der Waals surface area contributed by atoms with Crippen LogP contribution in [0.5, 0.6) is 0 Å². The van der Waals surface area contributed by atoms with Gasteiger partial charge in [0.15, 0.2) is 12.2 Å². The summed E-state index contributed by atoms with van der Waals surface area (Å²) in [5.74, 6) is -0.511. The van der Waals surface area contributed by atoms with Gasteiger partial charge in [0.2, 0.25) is 0 Å². The summed E-state index contributed by atoms with van der Waals surface area (Å²) >= 11 is 0. The highest BCUT2D eigenvalue weighted by atomic mass is 31.2. The highest BCUT2D eigenvalue weighted by Crippen LogP contribution is 2.45. The maximum atomic E-state index is 13.0. The van der Waals surface area contributed by atoms with Gasteiger partial charge in [-0.25, -0.2) is 9.13 Å². The van der Waals surface area contributed by atoms with Crippen LogP contribution >= 0.6 is 15.6 Å². The van der Waals surface area contributed by atoms with Gasteiger partial charge in [-0.05, 0) is 37.5 Å². The van der Waals surface area contributed by atoms with Gasteiger partial charge in [0.1, 0.15) is 19.3 Å². The Labute approximate surface area is 524 Å². The van der Waals surface area contributed by atoms with E-state index in [0.717, 1.165) is 108 Å². The smallest absolute Gasteiger partial charge is 0.462 e. The van der Waals surface area contributed by atoms with Gasteiger partial charge in [-0.3, -0.25) is 37.3 Å². The number of phosphoric ester groups is 2. The van der Waals surface area contributed by atoms with E-state index in [2.05, 4.69) is 41.5 Å². The maximum Gasteiger partial charge on any atom is 0.472 e. The minimum absolute atomic E-state index is 0.0987. The number of aliphatic hydroxyl groups is 1. The Bertz CT molecular complexity index is 1690. The molecule has 6 atom stereocenters. The molecule has 0 aromatic rings. The van der Waals surface area contributed by atoms with Crippen molar-refractivity contribution in [3.05, 3.63) is 0 Å². The zero-order valence-corrected chi connectivity index (χ0v) is 57.4. The van der Waals surface area contributed by atoms with E-state index in [1.165, 1.54) is 148 Å². The second-order valence-electron chi connectivity index (χ2n) is 24.9. The predicted molar refractivity (Wildman–Crippen MR) is 345 cm³/mol. The molecule has 0 fully saturated rings. The van der Waals surface area contributed by atoms with Gasteiger partial charge in [-0.2, -0.15) is 0 Å². The molecule has 0 saturated heterocycles. The van der Waals surface area contributed by atoms with Crippen LogP contribution in [0.1, 0.15) is 337 Å². The van der Waals surface area contributed by atoms with E-state index in [1.807, 2.05) is 0 Å². The average molecular weight is 1270 g/mol. The molecule has 3 unspecified atom stereocenters. The molecule has 86 heavy (non-hydrogen) atoms. The monoisotopic (exact) mass is 1270 g/mol. The molecule has 0 rings (SSSR count). The van der Waals surface area contributed by atoms with Crippen molar-refractivity contribution in [3.8, 4) is 0 Å². The van der Waals surface area contributed by atoms with Crippen LogP contribution in [0.15, 0.2) is 0 Å². The molecule has 0 amide bonds. The summed E-state index contributed by atoms with van der Waals surface area (Å²) in [6.07, 6.45) is 44.0. The van der Waals surface area contributed by atoms with Crippen LogP contribution in [0, 0.1) is 11.8 Å².